The summed E-state index contributed by atoms with van der Waals surface area (Å²) in [5, 5.41) is 68.0. The lowest BCUT2D eigenvalue weighted by Gasteiger charge is -2.39. The van der Waals surface area contributed by atoms with Gasteiger partial charge in [-0.05, 0) is 35.4 Å². The van der Waals surface area contributed by atoms with E-state index in [2.05, 4.69) is 0 Å². The lowest BCUT2D eigenvalue weighted by molar-refractivity contribution is -0.277. The van der Waals surface area contributed by atoms with Gasteiger partial charge in [-0.3, -0.25) is 0 Å². The van der Waals surface area contributed by atoms with Crippen LogP contribution in [0.3, 0.4) is 0 Å². The van der Waals surface area contributed by atoms with Crippen LogP contribution < -0.4 is 4.74 Å². The predicted molar refractivity (Wildman–Crippen MR) is 101 cm³/mol. The van der Waals surface area contributed by atoms with Crippen molar-refractivity contribution in [3.8, 4) is 23.0 Å². The third-order valence-corrected chi connectivity index (χ3v) is 4.47. The molecule has 0 bridgehead atoms. The van der Waals surface area contributed by atoms with E-state index in [0.29, 0.717) is 11.1 Å². The third-order valence-electron chi connectivity index (χ3n) is 4.47. The molecule has 0 saturated carbocycles. The normalized spacial score (nSPS) is 27.2. The van der Waals surface area contributed by atoms with Gasteiger partial charge in [0.25, 0.3) is 0 Å². The maximum atomic E-state index is 10.2. The second kappa shape index (κ2) is 8.68. The molecule has 0 aliphatic carbocycles. The van der Waals surface area contributed by atoms with E-state index >= 15 is 0 Å². The Kier molecular flexibility index (Phi) is 6.26. The van der Waals surface area contributed by atoms with Crippen molar-refractivity contribution in [1.82, 2.24) is 0 Å². The maximum Gasteiger partial charge on any atom is 0.229 e. The Morgan fingerprint density at radius 1 is 0.828 bits per heavy atom. The molecule has 1 aliphatic rings. The highest BCUT2D eigenvalue weighted by molar-refractivity contribution is 5.72. The molecule has 29 heavy (non-hydrogen) atoms. The largest absolute Gasteiger partial charge is 0.508 e. The predicted octanol–water partition coefficient (Wildman–Crippen LogP) is 0.152. The van der Waals surface area contributed by atoms with E-state index in [0.717, 1.165) is 0 Å². The van der Waals surface area contributed by atoms with Gasteiger partial charge in [0.15, 0.2) is 11.5 Å². The van der Waals surface area contributed by atoms with Gasteiger partial charge in [-0.25, -0.2) is 0 Å². The zero-order chi connectivity index (χ0) is 21.1. The number of ether oxygens (including phenoxy) is 2. The van der Waals surface area contributed by atoms with Crippen LogP contribution in [0.2, 0.25) is 0 Å². The average Bonchev–Trinajstić information content (AvgIpc) is 2.67. The van der Waals surface area contributed by atoms with Crippen LogP contribution in [0.25, 0.3) is 12.2 Å². The molecule has 0 aromatic heterocycles. The third kappa shape index (κ3) is 4.78. The number of aromatic hydroxyl groups is 3. The van der Waals surface area contributed by atoms with Crippen LogP contribution in [0.15, 0.2) is 36.4 Å². The van der Waals surface area contributed by atoms with Crippen molar-refractivity contribution in [2.24, 2.45) is 0 Å². The Bertz CT molecular complexity index is 860. The van der Waals surface area contributed by atoms with E-state index in [1.807, 2.05) is 0 Å². The molecule has 5 unspecified atom stereocenters. The molecule has 3 rings (SSSR count). The van der Waals surface area contributed by atoms with Gasteiger partial charge < -0.3 is 45.2 Å². The highest BCUT2D eigenvalue weighted by atomic mass is 16.7. The van der Waals surface area contributed by atoms with Crippen molar-refractivity contribution in [1.29, 1.82) is 0 Å². The number of hydrogen-bond acceptors (Lipinski definition) is 9. The van der Waals surface area contributed by atoms with E-state index in [1.54, 1.807) is 18.2 Å². The summed E-state index contributed by atoms with van der Waals surface area (Å²) in [5.74, 6) is -0.490. The van der Waals surface area contributed by atoms with Gasteiger partial charge in [-0.15, -0.1) is 0 Å². The van der Waals surface area contributed by atoms with Gasteiger partial charge in [0.05, 0.1) is 6.61 Å². The van der Waals surface area contributed by atoms with Gasteiger partial charge in [0.1, 0.15) is 35.9 Å². The Morgan fingerprint density at radius 3 is 2.10 bits per heavy atom. The number of aliphatic hydroxyl groups is 4. The molecule has 5 atom stereocenters. The first kappa shape index (κ1) is 20.9. The van der Waals surface area contributed by atoms with Crippen LogP contribution in [0, 0.1) is 0 Å². The molecule has 7 N–H and O–H groups in total. The molecule has 0 radical (unpaired) electrons. The van der Waals surface area contributed by atoms with Crippen molar-refractivity contribution in [3.63, 3.8) is 0 Å². The minimum Gasteiger partial charge on any atom is -0.508 e. The quantitative estimate of drug-likeness (QED) is 0.343. The summed E-state index contributed by atoms with van der Waals surface area (Å²) in [6, 6.07) is 8.49. The first-order chi connectivity index (χ1) is 13.8. The van der Waals surface area contributed by atoms with Gasteiger partial charge in [0.2, 0.25) is 6.29 Å². The molecule has 1 saturated heterocycles. The number of rotatable bonds is 5. The molecular formula is C20H22O9. The Labute approximate surface area is 165 Å². The summed E-state index contributed by atoms with van der Waals surface area (Å²) in [5.41, 5.74) is 1.12. The van der Waals surface area contributed by atoms with E-state index in [4.69, 9.17) is 9.47 Å². The van der Waals surface area contributed by atoms with Crippen LogP contribution in [-0.4, -0.2) is 73.1 Å². The van der Waals surface area contributed by atoms with E-state index < -0.39 is 37.3 Å². The lowest BCUT2D eigenvalue weighted by Crippen LogP contribution is -2.60. The minimum atomic E-state index is -1.59. The van der Waals surface area contributed by atoms with Crippen molar-refractivity contribution < 1.29 is 45.2 Å². The molecule has 0 spiro atoms. The highest BCUT2D eigenvalue weighted by Gasteiger charge is 2.44. The van der Waals surface area contributed by atoms with Gasteiger partial charge >= 0.3 is 0 Å². The van der Waals surface area contributed by atoms with Crippen LogP contribution in [0.5, 0.6) is 23.0 Å². The van der Waals surface area contributed by atoms with Crippen LogP contribution >= 0.6 is 0 Å². The lowest BCUT2D eigenvalue weighted by atomic mass is 9.99. The molecule has 9 nitrogen and oxygen atoms in total. The number of benzene rings is 2. The summed E-state index contributed by atoms with van der Waals surface area (Å²) in [7, 11) is 0. The van der Waals surface area contributed by atoms with Gasteiger partial charge in [-0.2, -0.15) is 0 Å². The van der Waals surface area contributed by atoms with Crippen molar-refractivity contribution in [2.75, 3.05) is 6.61 Å². The summed E-state index contributed by atoms with van der Waals surface area (Å²) in [6.07, 6.45) is -3.97. The summed E-state index contributed by atoms with van der Waals surface area (Å²) < 4.78 is 10.6. The Morgan fingerprint density at radius 2 is 1.48 bits per heavy atom. The van der Waals surface area contributed by atoms with E-state index in [9.17, 15) is 35.7 Å². The fourth-order valence-electron chi connectivity index (χ4n) is 2.93. The number of phenols is 3. The molecule has 2 aromatic rings. The summed E-state index contributed by atoms with van der Waals surface area (Å²) in [4.78, 5) is 0. The monoisotopic (exact) mass is 406 g/mol. The zero-order valence-electron chi connectivity index (χ0n) is 15.2. The summed E-state index contributed by atoms with van der Waals surface area (Å²) in [6.45, 7) is -0.592. The highest BCUT2D eigenvalue weighted by Crippen LogP contribution is 2.32. The molecule has 1 fully saturated rings. The number of phenolic OH excluding ortho intramolecular Hbond substituents is 3. The number of aliphatic hydroxyl groups excluding tert-OH is 4. The minimum absolute atomic E-state index is 0.0403. The molecule has 0 amide bonds. The van der Waals surface area contributed by atoms with Gasteiger partial charge in [0, 0.05) is 6.07 Å². The molecular weight excluding hydrogens is 384 g/mol. The fraction of sp³-hybridized carbons (Fsp3) is 0.300. The topological polar surface area (TPSA) is 160 Å². The molecule has 9 heteroatoms. The first-order valence-electron chi connectivity index (χ1n) is 8.80. The Balaban J connectivity index is 1.73. The van der Waals surface area contributed by atoms with Gasteiger partial charge in [-0.1, -0.05) is 18.2 Å². The summed E-state index contributed by atoms with van der Waals surface area (Å²) >= 11 is 0. The van der Waals surface area contributed by atoms with Crippen molar-refractivity contribution in [3.05, 3.63) is 47.5 Å². The smallest absolute Gasteiger partial charge is 0.229 e. The molecule has 2 aromatic carbocycles. The standard InChI is InChI=1S/C20H22O9/c21-9-16-17(25)18(26)19(27)20(29-16)28-15-4-3-10(7-14(15)24)1-2-11-5-12(22)8-13(23)6-11/h1-8,16-27H,9H2/b2-1+. The Hall–Kier alpha value is -2.82. The second-order valence-electron chi connectivity index (χ2n) is 6.66. The molecule has 1 heterocycles. The fourth-order valence-corrected chi connectivity index (χ4v) is 2.93. The zero-order valence-corrected chi connectivity index (χ0v) is 15.2. The van der Waals surface area contributed by atoms with Crippen LogP contribution in [-0.2, 0) is 4.74 Å². The first-order valence-corrected chi connectivity index (χ1v) is 8.80. The van der Waals surface area contributed by atoms with Crippen LogP contribution in [0.4, 0.5) is 0 Å². The van der Waals surface area contributed by atoms with E-state index in [-0.39, 0.29) is 23.0 Å². The molecule has 156 valence electrons. The van der Waals surface area contributed by atoms with Crippen LogP contribution in [0.1, 0.15) is 11.1 Å². The maximum absolute atomic E-state index is 10.2. The SMILES string of the molecule is OCC1OC(Oc2ccc(/C=C/c3cc(O)cc(O)c3)cc2O)C(O)C(O)C1O. The van der Waals surface area contributed by atoms with E-state index in [1.165, 1.54) is 30.3 Å². The van der Waals surface area contributed by atoms with Crippen molar-refractivity contribution >= 4 is 12.2 Å². The second-order valence-corrected chi connectivity index (χ2v) is 6.66. The van der Waals surface area contributed by atoms with Crippen molar-refractivity contribution in [2.45, 2.75) is 30.7 Å². The number of hydrogen-bond donors (Lipinski definition) is 7. The average molecular weight is 406 g/mol. The molecule has 1 aliphatic heterocycles.